The number of nitrogens with zero attached hydrogens (tertiary/aromatic N) is 1. The molecule has 0 spiro atoms. The van der Waals surface area contributed by atoms with Gasteiger partial charge in [0, 0.05) is 12.7 Å². The van der Waals surface area contributed by atoms with E-state index < -0.39 is 10.0 Å². The summed E-state index contributed by atoms with van der Waals surface area (Å²) in [5.41, 5.74) is 2.33. The summed E-state index contributed by atoms with van der Waals surface area (Å²) in [5, 5.41) is 4.82. The van der Waals surface area contributed by atoms with Crippen LogP contribution in [0.2, 0.25) is 0 Å². The lowest BCUT2D eigenvalue weighted by Gasteiger charge is -2.06. The third kappa shape index (κ3) is 3.52. The van der Waals surface area contributed by atoms with Crippen molar-refractivity contribution in [3.05, 3.63) is 41.0 Å². The van der Waals surface area contributed by atoms with Gasteiger partial charge in [0.1, 0.15) is 4.21 Å². The van der Waals surface area contributed by atoms with Crippen molar-refractivity contribution in [2.24, 2.45) is 0 Å². The first-order valence-corrected chi connectivity index (χ1v) is 8.04. The zero-order valence-electron chi connectivity index (χ0n) is 10.7. The minimum atomic E-state index is -3.53. The molecule has 0 saturated heterocycles. The minimum Gasteiger partial charge on any atom is -0.316 e. The van der Waals surface area contributed by atoms with E-state index in [-0.39, 0.29) is 0 Å². The summed E-state index contributed by atoms with van der Waals surface area (Å²) in [4.78, 5) is 3.96. The number of nitrogens with one attached hydrogen (secondary N) is 2. The standard InChI is InChI=1S/C12H15N3O2S2/c1-9-3-11(7-14-5-9)15-19(16,17)12-4-10(6-13-2)8-18-12/h3-5,7-8,13,15H,6H2,1-2H3. The Balaban J connectivity index is 2.22. The average molecular weight is 297 g/mol. The van der Waals surface area contributed by atoms with Gasteiger partial charge in [0.2, 0.25) is 0 Å². The number of hydrogen-bond acceptors (Lipinski definition) is 5. The van der Waals surface area contributed by atoms with Crippen LogP contribution in [0.25, 0.3) is 0 Å². The van der Waals surface area contributed by atoms with Crippen LogP contribution in [0.15, 0.2) is 34.1 Å². The van der Waals surface area contributed by atoms with Crippen molar-refractivity contribution in [2.75, 3.05) is 11.8 Å². The first-order chi connectivity index (χ1) is 9.01. The first kappa shape index (κ1) is 14.0. The molecule has 102 valence electrons. The maximum absolute atomic E-state index is 12.2. The van der Waals surface area contributed by atoms with Crippen LogP contribution in [-0.2, 0) is 16.6 Å². The van der Waals surface area contributed by atoms with Gasteiger partial charge in [0.15, 0.2) is 0 Å². The lowest BCUT2D eigenvalue weighted by Crippen LogP contribution is -2.12. The Morgan fingerprint density at radius 3 is 2.79 bits per heavy atom. The summed E-state index contributed by atoms with van der Waals surface area (Å²) in [7, 11) is -1.70. The highest BCUT2D eigenvalue weighted by atomic mass is 32.2. The van der Waals surface area contributed by atoms with E-state index in [1.165, 1.54) is 17.5 Å². The Morgan fingerprint density at radius 2 is 2.11 bits per heavy atom. The lowest BCUT2D eigenvalue weighted by atomic mass is 10.3. The molecule has 0 aromatic carbocycles. The summed E-state index contributed by atoms with van der Waals surface area (Å²) in [6.07, 6.45) is 3.17. The molecule has 0 aliphatic heterocycles. The molecule has 19 heavy (non-hydrogen) atoms. The second kappa shape index (κ2) is 5.68. The lowest BCUT2D eigenvalue weighted by molar-refractivity contribution is 0.603. The van der Waals surface area contributed by atoms with E-state index in [1.807, 2.05) is 19.4 Å². The van der Waals surface area contributed by atoms with E-state index in [0.29, 0.717) is 16.4 Å². The van der Waals surface area contributed by atoms with Gasteiger partial charge in [0.25, 0.3) is 10.0 Å². The number of aromatic nitrogens is 1. The highest BCUT2D eigenvalue weighted by molar-refractivity contribution is 7.94. The van der Waals surface area contributed by atoms with Crippen molar-refractivity contribution in [1.82, 2.24) is 10.3 Å². The van der Waals surface area contributed by atoms with Crippen LogP contribution in [0, 0.1) is 6.92 Å². The van der Waals surface area contributed by atoms with Crippen molar-refractivity contribution < 1.29 is 8.42 Å². The van der Waals surface area contributed by atoms with Gasteiger partial charge in [-0.3, -0.25) is 9.71 Å². The number of anilines is 1. The van der Waals surface area contributed by atoms with E-state index >= 15 is 0 Å². The SMILES string of the molecule is CNCc1csc(S(=O)(=O)Nc2cncc(C)c2)c1. The van der Waals surface area contributed by atoms with Gasteiger partial charge >= 0.3 is 0 Å². The predicted octanol–water partition coefficient (Wildman–Crippen LogP) is 1.97. The molecule has 0 radical (unpaired) electrons. The molecule has 7 heteroatoms. The van der Waals surface area contributed by atoms with E-state index in [2.05, 4.69) is 15.0 Å². The van der Waals surface area contributed by atoms with Gasteiger partial charge in [-0.2, -0.15) is 0 Å². The predicted molar refractivity (Wildman–Crippen MR) is 76.9 cm³/mol. The molecule has 0 amide bonds. The van der Waals surface area contributed by atoms with Crippen LogP contribution in [0.1, 0.15) is 11.1 Å². The second-order valence-electron chi connectivity index (χ2n) is 4.16. The second-order valence-corrected chi connectivity index (χ2v) is 6.98. The summed E-state index contributed by atoms with van der Waals surface area (Å²) in [6.45, 7) is 2.51. The largest absolute Gasteiger partial charge is 0.316 e. The summed E-state index contributed by atoms with van der Waals surface area (Å²) < 4.78 is 27.2. The molecule has 0 aliphatic rings. The number of rotatable bonds is 5. The molecule has 5 nitrogen and oxygen atoms in total. The number of pyridine rings is 1. The summed E-state index contributed by atoms with van der Waals surface area (Å²) in [5.74, 6) is 0. The van der Waals surface area contributed by atoms with Crippen molar-refractivity contribution >= 4 is 27.0 Å². The zero-order chi connectivity index (χ0) is 13.9. The smallest absolute Gasteiger partial charge is 0.271 e. The quantitative estimate of drug-likeness (QED) is 0.885. The highest BCUT2D eigenvalue weighted by Gasteiger charge is 2.17. The summed E-state index contributed by atoms with van der Waals surface area (Å²) >= 11 is 1.21. The Morgan fingerprint density at radius 1 is 1.32 bits per heavy atom. The molecule has 2 rings (SSSR count). The van der Waals surface area contributed by atoms with E-state index in [1.54, 1.807) is 18.3 Å². The highest BCUT2D eigenvalue weighted by Crippen LogP contribution is 2.23. The fourth-order valence-electron chi connectivity index (χ4n) is 1.61. The molecule has 0 fully saturated rings. The minimum absolute atomic E-state index is 0.305. The van der Waals surface area contributed by atoms with Crippen LogP contribution in [0.3, 0.4) is 0 Å². The Kier molecular flexibility index (Phi) is 4.18. The molecule has 2 aromatic rings. The maximum Gasteiger partial charge on any atom is 0.271 e. The molecule has 0 saturated carbocycles. The Labute approximate surface area is 116 Å². The van der Waals surface area contributed by atoms with Crippen molar-refractivity contribution in [1.29, 1.82) is 0 Å². The number of aryl methyl sites for hydroxylation is 1. The molecule has 0 aliphatic carbocycles. The normalized spacial score (nSPS) is 11.5. The van der Waals surface area contributed by atoms with Gasteiger partial charge in [-0.1, -0.05) is 0 Å². The van der Waals surface area contributed by atoms with E-state index in [4.69, 9.17) is 0 Å². The van der Waals surface area contributed by atoms with Crippen molar-refractivity contribution in [3.8, 4) is 0 Å². The Bertz CT molecular complexity index is 665. The van der Waals surface area contributed by atoms with Gasteiger partial charge in [-0.15, -0.1) is 11.3 Å². The van der Waals surface area contributed by atoms with Crippen LogP contribution >= 0.6 is 11.3 Å². The van der Waals surface area contributed by atoms with Crippen LogP contribution in [0.4, 0.5) is 5.69 Å². The molecule has 0 unspecified atom stereocenters. The number of thiophene rings is 1. The van der Waals surface area contributed by atoms with Gasteiger partial charge < -0.3 is 5.32 Å². The molecule has 0 bridgehead atoms. The number of hydrogen-bond donors (Lipinski definition) is 2. The van der Waals surface area contributed by atoms with Crippen LogP contribution in [0.5, 0.6) is 0 Å². The van der Waals surface area contributed by atoms with E-state index in [9.17, 15) is 8.42 Å². The van der Waals surface area contributed by atoms with E-state index in [0.717, 1.165) is 11.1 Å². The van der Waals surface area contributed by atoms with Gasteiger partial charge in [-0.05, 0) is 42.6 Å². The molecule has 2 aromatic heterocycles. The molecular formula is C12H15N3O2S2. The third-order valence-corrected chi connectivity index (χ3v) is 5.27. The summed E-state index contributed by atoms with van der Waals surface area (Å²) in [6, 6.07) is 3.42. The van der Waals surface area contributed by atoms with Crippen LogP contribution < -0.4 is 10.0 Å². The Hall–Kier alpha value is -1.44. The average Bonchev–Trinajstić information content (AvgIpc) is 2.78. The van der Waals surface area contributed by atoms with Gasteiger partial charge in [0.05, 0.1) is 11.9 Å². The first-order valence-electron chi connectivity index (χ1n) is 5.68. The van der Waals surface area contributed by atoms with Crippen molar-refractivity contribution in [3.63, 3.8) is 0 Å². The van der Waals surface area contributed by atoms with Gasteiger partial charge in [-0.25, -0.2) is 8.42 Å². The number of sulfonamides is 1. The maximum atomic E-state index is 12.2. The fourth-order valence-corrected chi connectivity index (χ4v) is 3.85. The zero-order valence-corrected chi connectivity index (χ0v) is 12.3. The topological polar surface area (TPSA) is 71.1 Å². The van der Waals surface area contributed by atoms with Crippen LogP contribution in [-0.4, -0.2) is 20.4 Å². The van der Waals surface area contributed by atoms with Crippen molar-refractivity contribution in [2.45, 2.75) is 17.7 Å². The third-order valence-electron chi connectivity index (χ3n) is 2.40. The molecule has 0 atom stereocenters. The molecule has 2 heterocycles. The fraction of sp³-hybridized carbons (Fsp3) is 0.250. The monoisotopic (exact) mass is 297 g/mol. The molecular weight excluding hydrogens is 282 g/mol. The molecule has 2 N–H and O–H groups in total.